The summed E-state index contributed by atoms with van der Waals surface area (Å²) in [5, 5.41) is 0. The Bertz CT molecular complexity index is 464. The van der Waals surface area contributed by atoms with Gasteiger partial charge in [-0.2, -0.15) is 0 Å². The van der Waals surface area contributed by atoms with Gasteiger partial charge in [-0.3, -0.25) is 9.55 Å². The summed E-state index contributed by atoms with van der Waals surface area (Å²) in [4.78, 5) is 18.9. The van der Waals surface area contributed by atoms with Crippen molar-refractivity contribution in [3.05, 3.63) is 59.0 Å². The summed E-state index contributed by atoms with van der Waals surface area (Å²) in [7, 11) is 0. The number of rotatable bonds is 2. The highest BCUT2D eigenvalue weighted by molar-refractivity contribution is 5.08. The average molecular weight is 187 g/mol. The highest BCUT2D eigenvalue weighted by Crippen LogP contribution is 1.96. The van der Waals surface area contributed by atoms with Gasteiger partial charge in [0.25, 0.3) is 0 Å². The maximum absolute atomic E-state index is 11.3. The molecule has 4 heteroatoms. The lowest BCUT2D eigenvalue weighted by atomic mass is 10.3. The Labute approximate surface area is 80.9 Å². The van der Waals surface area contributed by atoms with Gasteiger partial charge in [-0.1, -0.05) is 6.07 Å². The maximum atomic E-state index is 11.3. The van der Waals surface area contributed by atoms with E-state index in [1.165, 1.54) is 10.8 Å². The summed E-state index contributed by atoms with van der Waals surface area (Å²) in [6, 6.07) is 5.50. The molecule has 2 heterocycles. The van der Waals surface area contributed by atoms with Crippen LogP contribution in [0.3, 0.4) is 0 Å². The van der Waals surface area contributed by atoms with Gasteiger partial charge in [-0.05, 0) is 17.7 Å². The molecule has 4 nitrogen and oxygen atoms in total. The minimum Gasteiger partial charge on any atom is -0.295 e. The zero-order valence-electron chi connectivity index (χ0n) is 7.50. The Morgan fingerprint density at radius 3 is 2.93 bits per heavy atom. The van der Waals surface area contributed by atoms with Gasteiger partial charge >= 0.3 is 5.69 Å². The third kappa shape index (κ3) is 1.85. The molecule has 0 unspecified atom stereocenters. The van der Waals surface area contributed by atoms with Crippen molar-refractivity contribution in [2.75, 3.05) is 0 Å². The highest BCUT2D eigenvalue weighted by atomic mass is 16.1. The Morgan fingerprint density at radius 1 is 1.29 bits per heavy atom. The van der Waals surface area contributed by atoms with Crippen molar-refractivity contribution in [2.24, 2.45) is 0 Å². The summed E-state index contributed by atoms with van der Waals surface area (Å²) in [5.41, 5.74) is 0.749. The van der Waals surface area contributed by atoms with E-state index in [1.807, 2.05) is 12.1 Å². The number of nitrogens with zero attached hydrogens (tertiary/aromatic N) is 3. The SMILES string of the molecule is O=c1ncccn1Cc1cccnc1. The normalized spacial score (nSPS) is 10.0. The largest absolute Gasteiger partial charge is 0.347 e. The van der Waals surface area contributed by atoms with Crippen molar-refractivity contribution in [3.63, 3.8) is 0 Å². The monoisotopic (exact) mass is 187 g/mol. The number of hydrogen-bond acceptors (Lipinski definition) is 3. The summed E-state index contributed by atoms with van der Waals surface area (Å²) < 4.78 is 1.54. The van der Waals surface area contributed by atoms with Gasteiger partial charge in [-0.25, -0.2) is 9.78 Å². The van der Waals surface area contributed by atoms with E-state index in [-0.39, 0.29) is 5.69 Å². The van der Waals surface area contributed by atoms with Crippen molar-refractivity contribution >= 4 is 0 Å². The molecule has 2 aromatic heterocycles. The minimum absolute atomic E-state index is 0.239. The van der Waals surface area contributed by atoms with Crippen LogP contribution in [-0.4, -0.2) is 14.5 Å². The third-order valence-corrected chi connectivity index (χ3v) is 1.86. The lowest BCUT2D eigenvalue weighted by molar-refractivity contribution is 0.724. The molecular weight excluding hydrogens is 178 g/mol. The molecular formula is C10H9N3O. The van der Waals surface area contributed by atoms with Crippen molar-refractivity contribution in [2.45, 2.75) is 6.54 Å². The number of hydrogen-bond donors (Lipinski definition) is 0. The Kier molecular flexibility index (Phi) is 2.36. The lowest BCUT2D eigenvalue weighted by Gasteiger charge is -2.02. The van der Waals surface area contributed by atoms with Crippen molar-refractivity contribution in [1.29, 1.82) is 0 Å². The summed E-state index contributed by atoms with van der Waals surface area (Å²) >= 11 is 0. The molecule has 0 fully saturated rings. The van der Waals surface area contributed by atoms with E-state index in [1.54, 1.807) is 24.7 Å². The van der Waals surface area contributed by atoms with Crippen LogP contribution in [0.1, 0.15) is 5.56 Å². The molecule has 70 valence electrons. The molecule has 0 aliphatic rings. The first-order valence-electron chi connectivity index (χ1n) is 4.26. The van der Waals surface area contributed by atoms with Crippen LogP contribution >= 0.6 is 0 Å². The van der Waals surface area contributed by atoms with Crippen molar-refractivity contribution in [3.8, 4) is 0 Å². The van der Waals surface area contributed by atoms with Crippen molar-refractivity contribution < 1.29 is 0 Å². The van der Waals surface area contributed by atoms with E-state index in [2.05, 4.69) is 9.97 Å². The molecule has 0 amide bonds. The van der Waals surface area contributed by atoms with Crippen LogP contribution in [-0.2, 0) is 6.54 Å². The molecule has 0 aliphatic carbocycles. The standard InChI is InChI=1S/C10H9N3O/c14-10-12-5-2-6-13(10)8-9-3-1-4-11-7-9/h1-7H,8H2. The van der Waals surface area contributed by atoms with Gasteiger partial charge in [0.05, 0.1) is 6.54 Å². The van der Waals surface area contributed by atoms with E-state index in [4.69, 9.17) is 0 Å². The molecule has 0 radical (unpaired) electrons. The van der Waals surface area contributed by atoms with Gasteiger partial charge in [-0.15, -0.1) is 0 Å². The summed E-state index contributed by atoms with van der Waals surface area (Å²) in [6.07, 6.45) is 6.64. The van der Waals surface area contributed by atoms with Gasteiger partial charge in [0, 0.05) is 24.8 Å². The molecule has 14 heavy (non-hydrogen) atoms. The fraction of sp³-hybridized carbons (Fsp3) is 0.100. The van der Waals surface area contributed by atoms with Crippen LogP contribution in [0.5, 0.6) is 0 Å². The van der Waals surface area contributed by atoms with Gasteiger partial charge in [0.1, 0.15) is 0 Å². The topological polar surface area (TPSA) is 47.8 Å². The van der Waals surface area contributed by atoms with Crippen LogP contribution in [0, 0.1) is 0 Å². The van der Waals surface area contributed by atoms with Crippen LogP contribution in [0.25, 0.3) is 0 Å². The second-order valence-corrected chi connectivity index (χ2v) is 2.89. The smallest absolute Gasteiger partial charge is 0.295 e. The molecule has 0 N–H and O–H groups in total. The molecule has 0 bridgehead atoms. The molecule has 0 saturated heterocycles. The lowest BCUT2D eigenvalue weighted by Crippen LogP contribution is -2.21. The predicted molar refractivity (Wildman–Crippen MR) is 51.8 cm³/mol. The molecule has 2 aromatic rings. The third-order valence-electron chi connectivity index (χ3n) is 1.86. The van der Waals surface area contributed by atoms with E-state index in [0.29, 0.717) is 6.54 Å². The van der Waals surface area contributed by atoms with Crippen LogP contribution < -0.4 is 5.69 Å². The number of aromatic nitrogens is 3. The molecule has 0 saturated carbocycles. The average Bonchev–Trinajstić information content (AvgIpc) is 2.23. The van der Waals surface area contributed by atoms with Gasteiger partial charge in [0.2, 0.25) is 0 Å². The molecule has 0 aromatic carbocycles. The van der Waals surface area contributed by atoms with Crippen LogP contribution in [0.4, 0.5) is 0 Å². The molecule has 0 aliphatic heterocycles. The molecule has 0 spiro atoms. The maximum Gasteiger partial charge on any atom is 0.347 e. The second kappa shape index (κ2) is 3.83. The van der Waals surface area contributed by atoms with E-state index >= 15 is 0 Å². The first-order chi connectivity index (χ1) is 6.86. The van der Waals surface area contributed by atoms with Gasteiger partial charge in [0.15, 0.2) is 0 Å². The molecule has 2 rings (SSSR count). The molecule has 0 atom stereocenters. The van der Waals surface area contributed by atoms with E-state index in [0.717, 1.165) is 5.56 Å². The quantitative estimate of drug-likeness (QED) is 0.694. The fourth-order valence-corrected chi connectivity index (χ4v) is 1.20. The Hall–Kier alpha value is -1.97. The zero-order chi connectivity index (χ0) is 9.80. The van der Waals surface area contributed by atoms with Crippen LogP contribution in [0.2, 0.25) is 0 Å². The Balaban J connectivity index is 2.28. The summed E-state index contributed by atoms with van der Waals surface area (Å²) in [5.74, 6) is 0. The fourth-order valence-electron chi connectivity index (χ4n) is 1.20. The second-order valence-electron chi connectivity index (χ2n) is 2.89. The van der Waals surface area contributed by atoms with Gasteiger partial charge < -0.3 is 0 Å². The van der Waals surface area contributed by atoms with Crippen LogP contribution in [0.15, 0.2) is 47.8 Å². The first kappa shape index (κ1) is 8.62. The highest BCUT2D eigenvalue weighted by Gasteiger charge is 1.96. The number of pyridine rings is 1. The first-order valence-corrected chi connectivity index (χ1v) is 4.26. The minimum atomic E-state index is -0.239. The summed E-state index contributed by atoms with van der Waals surface area (Å²) in [6.45, 7) is 0.514. The van der Waals surface area contributed by atoms with Crippen molar-refractivity contribution in [1.82, 2.24) is 14.5 Å². The van der Waals surface area contributed by atoms with E-state index in [9.17, 15) is 4.79 Å². The zero-order valence-corrected chi connectivity index (χ0v) is 7.50. The Morgan fingerprint density at radius 2 is 2.21 bits per heavy atom. The predicted octanol–water partition coefficient (Wildman–Crippen LogP) is 0.687. The van der Waals surface area contributed by atoms with E-state index < -0.39 is 0 Å².